The van der Waals surface area contributed by atoms with Crippen LogP contribution in [0.25, 0.3) is 5.69 Å². The monoisotopic (exact) mass is 333 g/mol. The molecule has 0 saturated carbocycles. The second-order valence-corrected chi connectivity index (χ2v) is 5.82. The van der Waals surface area contributed by atoms with Crippen molar-refractivity contribution >= 4 is 40.6 Å². The Hall–Kier alpha value is -0.940. The number of hydrogen-bond donors (Lipinski definition) is 1. The summed E-state index contributed by atoms with van der Waals surface area (Å²) >= 11 is 18.4. The Balaban J connectivity index is 2.77. The van der Waals surface area contributed by atoms with Gasteiger partial charge < -0.3 is 10.0 Å². The average Bonchev–Trinajstić information content (AvgIpc) is 2.64. The summed E-state index contributed by atoms with van der Waals surface area (Å²) in [6.07, 6.45) is 0. The summed E-state index contributed by atoms with van der Waals surface area (Å²) in [6.45, 7) is 1.72. The molecule has 2 rings (SSSR count). The highest BCUT2D eigenvalue weighted by Gasteiger charge is 2.21. The summed E-state index contributed by atoms with van der Waals surface area (Å²) in [4.78, 5) is 1.85. The summed E-state index contributed by atoms with van der Waals surface area (Å²) in [5, 5.41) is 15.2. The Morgan fingerprint density at radius 2 is 1.75 bits per heavy atom. The Kier molecular flexibility index (Phi) is 4.49. The van der Waals surface area contributed by atoms with Gasteiger partial charge in [0.2, 0.25) is 0 Å². The number of rotatable bonds is 3. The zero-order valence-electron chi connectivity index (χ0n) is 11.3. The van der Waals surface area contributed by atoms with Crippen LogP contribution in [-0.2, 0) is 6.61 Å². The smallest absolute Gasteiger partial charge is 0.137 e. The van der Waals surface area contributed by atoms with E-state index in [1.165, 1.54) is 0 Å². The van der Waals surface area contributed by atoms with Crippen LogP contribution in [0.1, 0.15) is 11.3 Å². The van der Waals surface area contributed by atoms with Crippen molar-refractivity contribution in [2.24, 2.45) is 0 Å². The Bertz CT molecular complexity index is 630. The van der Waals surface area contributed by atoms with E-state index in [0.29, 0.717) is 20.8 Å². The molecule has 0 atom stereocenters. The number of nitrogens with zero attached hydrogens (tertiary/aromatic N) is 3. The number of aliphatic hydroxyl groups is 1. The van der Waals surface area contributed by atoms with Gasteiger partial charge >= 0.3 is 0 Å². The Morgan fingerprint density at radius 3 is 2.20 bits per heavy atom. The summed E-state index contributed by atoms with van der Waals surface area (Å²) in [7, 11) is 3.73. The van der Waals surface area contributed by atoms with Gasteiger partial charge in [-0.25, -0.2) is 4.68 Å². The van der Waals surface area contributed by atoms with Crippen LogP contribution in [0.4, 0.5) is 5.82 Å². The first kappa shape index (κ1) is 15.4. The number of aryl methyl sites for hydroxylation is 1. The van der Waals surface area contributed by atoms with Crippen LogP contribution in [0, 0.1) is 6.92 Å². The molecule has 0 fully saturated rings. The van der Waals surface area contributed by atoms with Gasteiger partial charge in [-0.05, 0) is 19.1 Å². The Labute approximate surface area is 132 Å². The van der Waals surface area contributed by atoms with Gasteiger partial charge in [0.05, 0.1) is 22.3 Å². The number of aliphatic hydroxyl groups excluding tert-OH is 1. The van der Waals surface area contributed by atoms with E-state index in [1.807, 2.05) is 25.9 Å². The van der Waals surface area contributed by atoms with Crippen molar-refractivity contribution in [3.63, 3.8) is 0 Å². The highest BCUT2D eigenvalue weighted by atomic mass is 35.5. The molecule has 2 aromatic rings. The molecule has 0 bridgehead atoms. The predicted molar refractivity (Wildman–Crippen MR) is 83.6 cm³/mol. The quantitative estimate of drug-likeness (QED) is 0.930. The number of hydrogen-bond acceptors (Lipinski definition) is 3. The van der Waals surface area contributed by atoms with Crippen LogP contribution in [0.3, 0.4) is 0 Å². The van der Waals surface area contributed by atoms with Gasteiger partial charge in [0.25, 0.3) is 0 Å². The third kappa shape index (κ3) is 2.61. The lowest BCUT2D eigenvalue weighted by molar-refractivity contribution is 0.281. The zero-order chi connectivity index (χ0) is 15.0. The molecule has 0 aliphatic heterocycles. The highest BCUT2D eigenvalue weighted by Crippen LogP contribution is 2.36. The van der Waals surface area contributed by atoms with Gasteiger partial charge in [0.15, 0.2) is 0 Å². The first-order valence-corrected chi connectivity index (χ1v) is 7.01. The largest absolute Gasteiger partial charge is 0.391 e. The molecular formula is C13H14Cl3N3O. The molecule has 7 heteroatoms. The van der Waals surface area contributed by atoms with Crippen molar-refractivity contribution < 1.29 is 5.11 Å². The molecule has 0 unspecified atom stereocenters. The van der Waals surface area contributed by atoms with Gasteiger partial charge in [-0.1, -0.05) is 34.8 Å². The van der Waals surface area contributed by atoms with Gasteiger partial charge in [0, 0.05) is 24.7 Å². The second kappa shape index (κ2) is 5.82. The molecule has 0 radical (unpaired) electrons. The van der Waals surface area contributed by atoms with E-state index in [4.69, 9.17) is 34.8 Å². The zero-order valence-corrected chi connectivity index (χ0v) is 13.6. The second-order valence-electron chi connectivity index (χ2n) is 4.57. The van der Waals surface area contributed by atoms with Crippen LogP contribution in [0.2, 0.25) is 15.1 Å². The number of aromatic nitrogens is 2. The molecule has 0 aliphatic carbocycles. The number of halogens is 3. The first-order valence-electron chi connectivity index (χ1n) is 5.88. The fourth-order valence-corrected chi connectivity index (χ4v) is 3.06. The Morgan fingerprint density at radius 1 is 1.20 bits per heavy atom. The van der Waals surface area contributed by atoms with Crippen molar-refractivity contribution in [1.82, 2.24) is 9.78 Å². The molecule has 4 nitrogen and oxygen atoms in total. The van der Waals surface area contributed by atoms with E-state index in [9.17, 15) is 5.11 Å². The minimum Gasteiger partial charge on any atom is -0.391 e. The lowest BCUT2D eigenvalue weighted by Gasteiger charge is -2.18. The van der Waals surface area contributed by atoms with E-state index in [0.717, 1.165) is 17.1 Å². The normalized spacial score (nSPS) is 10.9. The van der Waals surface area contributed by atoms with Crippen LogP contribution < -0.4 is 4.90 Å². The van der Waals surface area contributed by atoms with E-state index in [2.05, 4.69) is 5.10 Å². The standard InChI is InChI=1S/C13H14Cl3N3O/c1-7-9(6-20)13(18(2)3)19(17-7)12-10(15)4-8(14)5-11(12)16/h4-5,20H,6H2,1-3H3. The maximum Gasteiger partial charge on any atom is 0.137 e. The summed E-state index contributed by atoms with van der Waals surface area (Å²) in [6, 6.07) is 3.22. The molecule has 20 heavy (non-hydrogen) atoms. The van der Waals surface area contributed by atoms with Crippen molar-refractivity contribution in [2.75, 3.05) is 19.0 Å². The molecule has 1 aromatic carbocycles. The van der Waals surface area contributed by atoms with E-state index in [-0.39, 0.29) is 6.61 Å². The molecule has 1 heterocycles. The molecule has 108 valence electrons. The first-order chi connectivity index (χ1) is 9.36. The maximum absolute atomic E-state index is 9.52. The van der Waals surface area contributed by atoms with Crippen LogP contribution in [0.15, 0.2) is 12.1 Å². The highest BCUT2D eigenvalue weighted by molar-refractivity contribution is 6.40. The van der Waals surface area contributed by atoms with Crippen molar-refractivity contribution in [2.45, 2.75) is 13.5 Å². The number of anilines is 1. The SMILES string of the molecule is Cc1nn(-c2c(Cl)cc(Cl)cc2Cl)c(N(C)C)c1CO. The summed E-state index contributed by atoms with van der Waals surface area (Å²) < 4.78 is 1.63. The number of benzene rings is 1. The van der Waals surface area contributed by atoms with Crippen molar-refractivity contribution in [3.8, 4) is 5.69 Å². The van der Waals surface area contributed by atoms with Crippen molar-refractivity contribution in [1.29, 1.82) is 0 Å². The van der Waals surface area contributed by atoms with E-state index < -0.39 is 0 Å². The molecular weight excluding hydrogens is 321 g/mol. The molecule has 0 spiro atoms. The predicted octanol–water partition coefficient (Wildman–Crippen LogP) is 3.70. The lowest BCUT2D eigenvalue weighted by Crippen LogP contribution is -2.16. The fraction of sp³-hybridized carbons (Fsp3) is 0.308. The van der Waals surface area contributed by atoms with Gasteiger partial charge in [-0.15, -0.1) is 0 Å². The summed E-state index contributed by atoms with van der Waals surface area (Å²) in [5.41, 5.74) is 2.00. The van der Waals surface area contributed by atoms with Gasteiger partial charge in [-0.2, -0.15) is 5.10 Å². The average molecular weight is 335 g/mol. The van der Waals surface area contributed by atoms with Crippen molar-refractivity contribution in [3.05, 3.63) is 38.5 Å². The minimum atomic E-state index is -0.109. The molecule has 0 aliphatic rings. The minimum absolute atomic E-state index is 0.109. The third-order valence-electron chi connectivity index (χ3n) is 2.93. The topological polar surface area (TPSA) is 41.3 Å². The molecule has 1 N–H and O–H groups in total. The van der Waals surface area contributed by atoms with Crippen LogP contribution in [-0.4, -0.2) is 29.0 Å². The van der Waals surface area contributed by atoms with Gasteiger partial charge in [0.1, 0.15) is 11.5 Å². The molecule has 0 saturated heterocycles. The molecule has 1 aromatic heterocycles. The lowest BCUT2D eigenvalue weighted by atomic mass is 10.2. The fourth-order valence-electron chi connectivity index (χ4n) is 2.08. The molecule has 0 amide bonds. The van der Waals surface area contributed by atoms with E-state index >= 15 is 0 Å². The van der Waals surface area contributed by atoms with Crippen LogP contribution in [0.5, 0.6) is 0 Å². The maximum atomic E-state index is 9.52. The summed E-state index contributed by atoms with van der Waals surface area (Å²) in [5.74, 6) is 0.733. The third-order valence-corrected chi connectivity index (χ3v) is 3.73. The van der Waals surface area contributed by atoms with E-state index in [1.54, 1.807) is 16.8 Å². The van der Waals surface area contributed by atoms with Gasteiger partial charge in [-0.3, -0.25) is 0 Å². The van der Waals surface area contributed by atoms with Crippen LogP contribution >= 0.6 is 34.8 Å².